The van der Waals surface area contributed by atoms with Crippen molar-refractivity contribution in [3.05, 3.63) is 59.7 Å². The number of hydrogen-bond donors (Lipinski definition) is 0. The van der Waals surface area contributed by atoms with Crippen LogP contribution in [-0.2, 0) is 6.61 Å². The summed E-state index contributed by atoms with van der Waals surface area (Å²) >= 11 is 0. The van der Waals surface area contributed by atoms with Crippen LogP contribution in [0.2, 0.25) is 0 Å². The van der Waals surface area contributed by atoms with Gasteiger partial charge in [-0.2, -0.15) is 4.98 Å². The summed E-state index contributed by atoms with van der Waals surface area (Å²) in [5, 5.41) is 3.75. The maximum absolute atomic E-state index is 12.5. The number of fused-ring (bicyclic) bond motifs is 1. The van der Waals surface area contributed by atoms with Crippen LogP contribution in [0.4, 0.5) is 0 Å². The highest BCUT2D eigenvalue weighted by molar-refractivity contribution is 5.94. The maximum atomic E-state index is 12.5. The van der Waals surface area contributed by atoms with Gasteiger partial charge in [-0.3, -0.25) is 0 Å². The van der Waals surface area contributed by atoms with Crippen LogP contribution >= 0.6 is 0 Å². The highest BCUT2D eigenvalue weighted by Gasteiger charge is 2.18. The summed E-state index contributed by atoms with van der Waals surface area (Å²) in [6, 6.07) is 11.7. The minimum Gasteiger partial charge on any atom is -0.485 e. The van der Waals surface area contributed by atoms with Crippen molar-refractivity contribution in [3.63, 3.8) is 0 Å². The van der Waals surface area contributed by atoms with Crippen LogP contribution in [0.15, 0.2) is 47.0 Å². The first kappa shape index (κ1) is 15.9. The largest absolute Gasteiger partial charge is 0.485 e. The summed E-state index contributed by atoms with van der Waals surface area (Å²) in [4.78, 5) is 16.6. The van der Waals surface area contributed by atoms with E-state index in [1.165, 1.54) is 0 Å². The van der Waals surface area contributed by atoms with Crippen molar-refractivity contribution >= 4 is 5.97 Å². The van der Waals surface area contributed by atoms with Gasteiger partial charge in [0.2, 0.25) is 18.5 Å². The number of aromatic nitrogens is 2. The van der Waals surface area contributed by atoms with Crippen LogP contribution in [0.25, 0.3) is 0 Å². The molecule has 0 N–H and O–H groups in total. The number of para-hydroxylation sites is 1. The van der Waals surface area contributed by atoms with E-state index in [4.69, 9.17) is 23.5 Å². The van der Waals surface area contributed by atoms with Crippen LogP contribution in [0.1, 0.15) is 22.1 Å². The Kier molecular flexibility index (Phi) is 4.14. The number of carbonyl (C=O) groups excluding carboxylic acids is 1. The molecule has 0 spiro atoms. The quantitative estimate of drug-likeness (QED) is 0.510. The molecule has 4 rings (SSSR count). The zero-order valence-corrected chi connectivity index (χ0v) is 13.8. The van der Waals surface area contributed by atoms with Crippen molar-refractivity contribution < 1.29 is 28.3 Å². The minimum atomic E-state index is -0.552. The van der Waals surface area contributed by atoms with Crippen molar-refractivity contribution in [3.8, 4) is 23.0 Å². The number of hydrogen-bond acceptors (Lipinski definition) is 8. The summed E-state index contributed by atoms with van der Waals surface area (Å²) in [5.74, 6) is 2.14. The Bertz CT molecular complexity index is 952. The third-order valence-electron chi connectivity index (χ3n) is 3.59. The number of carbonyl (C=O) groups is 1. The van der Waals surface area contributed by atoms with Crippen LogP contribution in [0, 0.1) is 6.92 Å². The standard InChI is InChI=1S/C18H14N2O6/c1-11-19-17(20-26-11)9-22-14-5-3-2-4-13(14)18(21)25-12-6-7-15-16(8-12)24-10-23-15/h2-8H,9-10H2,1H3. The highest BCUT2D eigenvalue weighted by Crippen LogP contribution is 2.35. The lowest BCUT2D eigenvalue weighted by atomic mass is 10.2. The molecule has 2 heterocycles. The highest BCUT2D eigenvalue weighted by atomic mass is 16.7. The van der Waals surface area contributed by atoms with Gasteiger partial charge in [0.15, 0.2) is 18.1 Å². The van der Waals surface area contributed by atoms with Crippen molar-refractivity contribution in [1.29, 1.82) is 0 Å². The first-order chi connectivity index (χ1) is 12.7. The van der Waals surface area contributed by atoms with Crippen LogP contribution < -0.4 is 18.9 Å². The van der Waals surface area contributed by atoms with Gasteiger partial charge < -0.3 is 23.5 Å². The number of esters is 1. The molecule has 26 heavy (non-hydrogen) atoms. The van der Waals surface area contributed by atoms with Gasteiger partial charge in [-0.1, -0.05) is 17.3 Å². The number of nitrogens with zero attached hydrogens (tertiary/aromatic N) is 2. The first-order valence-corrected chi connectivity index (χ1v) is 7.82. The zero-order valence-electron chi connectivity index (χ0n) is 13.8. The third kappa shape index (κ3) is 3.30. The Hall–Kier alpha value is -3.55. The fourth-order valence-electron chi connectivity index (χ4n) is 2.41. The molecule has 2 aromatic carbocycles. The molecule has 0 bridgehead atoms. The average Bonchev–Trinajstić information content (AvgIpc) is 3.28. The number of ether oxygens (including phenoxy) is 4. The summed E-state index contributed by atoms with van der Waals surface area (Å²) in [6.07, 6.45) is 0. The molecule has 132 valence electrons. The topological polar surface area (TPSA) is 92.9 Å². The van der Waals surface area contributed by atoms with Crippen molar-refractivity contribution in [2.75, 3.05) is 6.79 Å². The van der Waals surface area contributed by atoms with Gasteiger partial charge in [0, 0.05) is 13.0 Å². The monoisotopic (exact) mass is 354 g/mol. The SMILES string of the molecule is Cc1nc(COc2ccccc2C(=O)Oc2ccc3c(c2)OCO3)no1. The molecule has 0 amide bonds. The minimum absolute atomic E-state index is 0.0751. The Morgan fingerprint density at radius 3 is 2.85 bits per heavy atom. The predicted octanol–water partition coefficient (Wildman–Crippen LogP) is 2.90. The van der Waals surface area contributed by atoms with Gasteiger partial charge >= 0.3 is 5.97 Å². The molecule has 0 aliphatic carbocycles. The molecular weight excluding hydrogens is 340 g/mol. The number of rotatable bonds is 5. The van der Waals surface area contributed by atoms with E-state index in [2.05, 4.69) is 10.1 Å². The predicted molar refractivity (Wildman–Crippen MR) is 87.3 cm³/mol. The summed E-state index contributed by atoms with van der Waals surface area (Å²) in [5.41, 5.74) is 0.283. The Morgan fingerprint density at radius 2 is 2.00 bits per heavy atom. The molecule has 1 aromatic heterocycles. The lowest BCUT2D eigenvalue weighted by Gasteiger charge is -2.10. The fraction of sp³-hybridized carbons (Fsp3) is 0.167. The molecule has 0 saturated heterocycles. The van der Waals surface area contributed by atoms with E-state index in [0.29, 0.717) is 34.7 Å². The van der Waals surface area contributed by atoms with E-state index >= 15 is 0 Å². The van der Waals surface area contributed by atoms with Crippen LogP contribution in [0.5, 0.6) is 23.0 Å². The lowest BCUT2D eigenvalue weighted by Crippen LogP contribution is -2.11. The summed E-state index contributed by atoms with van der Waals surface area (Å²) in [6.45, 7) is 1.91. The van der Waals surface area contributed by atoms with Crippen LogP contribution in [-0.4, -0.2) is 22.9 Å². The molecule has 1 aliphatic heterocycles. The molecule has 0 saturated carbocycles. The zero-order chi connectivity index (χ0) is 17.9. The van der Waals surface area contributed by atoms with Gasteiger partial charge in [-0.25, -0.2) is 4.79 Å². The van der Waals surface area contributed by atoms with Crippen molar-refractivity contribution in [2.45, 2.75) is 13.5 Å². The van der Waals surface area contributed by atoms with Crippen molar-refractivity contribution in [1.82, 2.24) is 10.1 Å². The molecule has 8 nitrogen and oxygen atoms in total. The summed E-state index contributed by atoms with van der Waals surface area (Å²) in [7, 11) is 0. The summed E-state index contributed by atoms with van der Waals surface area (Å²) < 4.78 is 26.5. The lowest BCUT2D eigenvalue weighted by molar-refractivity contribution is 0.0729. The number of benzene rings is 2. The molecule has 3 aromatic rings. The second-order valence-corrected chi connectivity index (χ2v) is 5.42. The third-order valence-corrected chi connectivity index (χ3v) is 3.59. The van der Waals surface area contributed by atoms with Crippen molar-refractivity contribution in [2.24, 2.45) is 0 Å². The molecule has 0 fully saturated rings. The average molecular weight is 354 g/mol. The fourth-order valence-corrected chi connectivity index (χ4v) is 2.41. The van der Waals surface area contributed by atoms with E-state index in [0.717, 1.165) is 0 Å². The first-order valence-electron chi connectivity index (χ1n) is 7.82. The van der Waals surface area contributed by atoms with Gasteiger partial charge in [0.05, 0.1) is 0 Å². The molecule has 1 aliphatic rings. The van der Waals surface area contributed by atoms with Gasteiger partial charge in [0.25, 0.3) is 0 Å². The molecule has 0 unspecified atom stereocenters. The normalized spacial score (nSPS) is 12.0. The van der Waals surface area contributed by atoms with Crippen LogP contribution in [0.3, 0.4) is 0 Å². The van der Waals surface area contributed by atoms with Gasteiger partial charge in [0.1, 0.15) is 17.1 Å². The van der Waals surface area contributed by atoms with Gasteiger partial charge in [-0.05, 0) is 24.3 Å². The van der Waals surface area contributed by atoms with E-state index in [9.17, 15) is 4.79 Å². The van der Waals surface area contributed by atoms with E-state index < -0.39 is 5.97 Å². The van der Waals surface area contributed by atoms with E-state index in [1.54, 1.807) is 49.4 Å². The molecule has 0 radical (unpaired) electrons. The smallest absolute Gasteiger partial charge is 0.347 e. The second-order valence-electron chi connectivity index (χ2n) is 5.42. The van der Waals surface area contributed by atoms with Gasteiger partial charge in [-0.15, -0.1) is 0 Å². The molecule has 8 heteroatoms. The second kappa shape index (κ2) is 6.75. The molecule has 0 atom stereocenters. The Balaban J connectivity index is 1.49. The van der Waals surface area contributed by atoms with E-state index in [-0.39, 0.29) is 19.0 Å². The maximum Gasteiger partial charge on any atom is 0.347 e. The van der Waals surface area contributed by atoms with E-state index in [1.807, 2.05) is 0 Å². The number of aryl methyl sites for hydroxylation is 1. The Morgan fingerprint density at radius 1 is 1.15 bits per heavy atom. The Labute approximate surface area is 148 Å². The molecular formula is C18H14N2O6.